The summed E-state index contributed by atoms with van der Waals surface area (Å²) in [6.45, 7) is 5.89. The van der Waals surface area contributed by atoms with Crippen molar-refractivity contribution in [2.75, 3.05) is 0 Å². The van der Waals surface area contributed by atoms with Crippen LogP contribution in [0.2, 0.25) is 5.82 Å². The van der Waals surface area contributed by atoms with Gasteiger partial charge in [-0.2, -0.15) is 5.92 Å². The zero-order valence-electron chi connectivity index (χ0n) is 7.50. The van der Waals surface area contributed by atoms with Crippen molar-refractivity contribution in [1.82, 2.24) is 5.32 Å². The molecule has 0 saturated heterocycles. The molecular formula is C7H15BNWY-. The fourth-order valence-corrected chi connectivity index (χ4v) is 0.338. The van der Waals surface area contributed by atoms with Gasteiger partial charge in [0.2, 0.25) is 0 Å². The minimum atomic E-state index is 0. The van der Waals surface area contributed by atoms with E-state index < -0.39 is 0 Å². The summed E-state index contributed by atoms with van der Waals surface area (Å²) in [7, 11) is 8.97. The molecule has 0 aromatic heterocycles. The van der Waals surface area contributed by atoms with Gasteiger partial charge in [-0.3, -0.25) is 0 Å². The average molecular weight is 397 g/mol. The number of hydrogen-bond donors (Lipinski definition) is 1. The summed E-state index contributed by atoms with van der Waals surface area (Å²) in [5.74, 6) is 0.608. The van der Waals surface area contributed by atoms with E-state index in [1.165, 1.54) is 0 Å². The second-order valence-corrected chi connectivity index (χ2v) is 2.09. The van der Waals surface area contributed by atoms with E-state index in [1.54, 1.807) is 0 Å². The van der Waals surface area contributed by atoms with Gasteiger partial charge in [-0.05, 0) is 0 Å². The third-order valence-corrected chi connectivity index (χ3v) is 1.21. The molecule has 0 saturated carbocycles. The number of nitrogens with one attached hydrogen (secondary N) is 1. The third kappa shape index (κ3) is 14.6. The maximum absolute atomic E-state index is 5.52. The zero-order chi connectivity index (χ0) is 6.57. The Labute approximate surface area is 112 Å². The van der Waals surface area contributed by atoms with E-state index in [0.717, 1.165) is 0 Å². The van der Waals surface area contributed by atoms with Crippen LogP contribution in [0.5, 0.6) is 0 Å². The first-order chi connectivity index (χ1) is 3.68. The summed E-state index contributed by atoms with van der Waals surface area (Å²) in [6.07, 6.45) is 0. The first kappa shape index (κ1) is 23.0. The Hall–Kier alpha value is 1.82. The topological polar surface area (TPSA) is 12.0 Å². The van der Waals surface area contributed by atoms with E-state index in [4.69, 9.17) is 7.85 Å². The molecule has 0 aliphatic carbocycles. The van der Waals surface area contributed by atoms with Crippen molar-refractivity contribution < 1.29 is 53.8 Å². The Balaban J connectivity index is -0.0000000817. The molecule has 0 spiro atoms. The fourth-order valence-electron chi connectivity index (χ4n) is 0.338. The van der Waals surface area contributed by atoms with Gasteiger partial charge in [-0.15, -0.1) is 5.82 Å². The smallest absolute Gasteiger partial charge is 0.621 e. The molecule has 1 N–H and O–H groups in total. The molecule has 0 fully saturated rings. The Bertz CT molecular complexity index is 64.4. The second kappa shape index (κ2) is 14.3. The van der Waals surface area contributed by atoms with Gasteiger partial charge in [-0.1, -0.05) is 13.8 Å². The van der Waals surface area contributed by atoms with Gasteiger partial charge in [0.25, 0.3) is 0 Å². The van der Waals surface area contributed by atoms with Crippen LogP contribution in [-0.4, -0.2) is 7.85 Å². The van der Waals surface area contributed by atoms with Gasteiger partial charge in [0.15, 0.2) is 0 Å². The fraction of sp³-hybridized carbons (Fsp3) is 0.571. The van der Waals surface area contributed by atoms with Crippen LogP contribution in [0.1, 0.15) is 13.8 Å². The Morgan fingerprint density at radius 3 is 1.91 bits per heavy atom. The molecule has 11 heavy (non-hydrogen) atoms. The second-order valence-electron chi connectivity index (χ2n) is 2.09. The largest absolute Gasteiger partial charge is 2.00 e. The van der Waals surface area contributed by atoms with Crippen LogP contribution in [0.3, 0.4) is 0 Å². The van der Waals surface area contributed by atoms with E-state index in [2.05, 4.69) is 12.4 Å². The minimum absolute atomic E-state index is 0. The van der Waals surface area contributed by atoms with E-state index in [-0.39, 0.29) is 67.0 Å². The van der Waals surface area contributed by atoms with Crippen molar-refractivity contribution in [2.45, 2.75) is 19.7 Å². The zero-order valence-corrected chi connectivity index (χ0v) is 13.3. The van der Waals surface area contributed by atoms with E-state index >= 15 is 0 Å². The van der Waals surface area contributed by atoms with Crippen LogP contribution in [0.15, 0.2) is 0 Å². The first-order valence-electron chi connectivity index (χ1n) is 2.80. The van der Waals surface area contributed by atoms with Gasteiger partial charge in [0.05, 0.1) is 7.85 Å². The maximum atomic E-state index is 5.52. The van der Waals surface area contributed by atoms with Gasteiger partial charge >= 0.3 is 21.1 Å². The molecule has 0 heterocycles. The van der Waals surface area contributed by atoms with Crippen molar-refractivity contribution in [3.8, 4) is 0 Å². The predicted molar refractivity (Wildman–Crippen MR) is 43.5 cm³/mol. The molecule has 0 aliphatic rings. The number of rotatable bonds is 3. The van der Waals surface area contributed by atoms with Gasteiger partial charge in [0.1, 0.15) is 0 Å². The molecule has 0 aromatic rings. The third-order valence-electron chi connectivity index (χ3n) is 1.21. The molecule has 61 valence electrons. The van der Waals surface area contributed by atoms with Crippen LogP contribution in [0.4, 0.5) is 0 Å². The van der Waals surface area contributed by atoms with Gasteiger partial charge < -0.3 is 26.3 Å². The Kier molecular flexibility index (Phi) is 30.0. The molecule has 3 radical (unpaired) electrons. The Morgan fingerprint density at radius 1 is 1.45 bits per heavy atom. The van der Waals surface area contributed by atoms with E-state index in [0.29, 0.717) is 5.92 Å². The summed E-state index contributed by atoms with van der Waals surface area (Å²) >= 11 is 0. The first-order valence-corrected chi connectivity index (χ1v) is 2.80. The van der Waals surface area contributed by atoms with E-state index in [9.17, 15) is 0 Å². The molecule has 2 atom stereocenters. The maximum Gasteiger partial charge on any atom is 2.00 e. The molecule has 1 nitrogen and oxygen atoms in total. The van der Waals surface area contributed by atoms with E-state index in [1.807, 2.05) is 20.4 Å². The summed E-state index contributed by atoms with van der Waals surface area (Å²) < 4.78 is 0. The predicted octanol–water partition coefficient (Wildman–Crippen LogP) is 1.59. The van der Waals surface area contributed by atoms with Crippen LogP contribution in [0, 0.1) is 26.9 Å². The number of hydrogen-bond acceptors (Lipinski definition) is 1. The summed E-state index contributed by atoms with van der Waals surface area (Å²) in [6, 6.07) is 0. The van der Waals surface area contributed by atoms with Crippen LogP contribution >= 0.6 is 0 Å². The van der Waals surface area contributed by atoms with Crippen LogP contribution in [0.25, 0.3) is 0 Å². The summed E-state index contributed by atoms with van der Waals surface area (Å²) in [5, 5.41) is 2.69. The van der Waals surface area contributed by atoms with Crippen LogP contribution < -0.4 is 5.32 Å². The van der Waals surface area contributed by atoms with Crippen molar-refractivity contribution in [2.24, 2.45) is 5.92 Å². The molecule has 0 rings (SSSR count). The van der Waals surface area contributed by atoms with Gasteiger partial charge in [-0.25, -0.2) is 0 Å². The molecule has 0 aromatic carbocycles. The van der Waals surface area contributed by atoms with Crippen molar-refractivity contribution in [3.63, 3.8) is 0 Å². The van der Waals surface area contributed by atoms with Crippen molar-refractivity contribution in [3.05, 3.63) is 21.0 Å². The Morgan fingerprint density at radius 2 is 1.82 bits per heavy atom. The molecule has 0 aliphatic heterocycles. The SMILES string of the molecule is [B][C@@H](C)C(C)[CH-]N[CH2-].[CH3-].[W+2].[Y]. The molecule has 1 unspecified atom stereocenters. The molecule has 0 bridgehead atoms. The quantitative estimate of drug-likeness (QED) is 0.564. The molecular weight excluding hydrogens is 382 g/mol. The minimum Gasteiger partial charge on any atom is -0.621 e. The monoisotopic (exact) mass is 397 g/mol. The van der Waals surface area contributed by atoms with Crippen molar-refractivity contribution >= 4 is 7.85 Å². The standard InChI is InChI=1S/C6H12BN.CH3.W.Y/c1-5(4-8-3)6(2)7;;;/h4-6,8H,3H2,1-2H3;1H3;;/q-2;-1;+2;/t5?,6-;;;/m0.../s1. The van der Waals surface area contributed by atoms with Gasteiger partial charge in [0, 0.05) is 32.7 Å². The molecule has 4 heteroatoms. The summed E-state index contributed by atoms with van der Waals surface area (Å²) in [4.78, 5) is 0. The average Bonchev–Trinajstić information content (AvgIpc) is 1.67. The summed E-state index contributed by atoms with van der Waals surface area (Å²) in [5.41, 5.74) is 0. The van der Waals surface area contributed by atoms with Crippen molar-refractivity contribution in [1.29, 1.82) is 0 Å². The van der Waals surface area contributed by atoms with Crippen LogP contribution in [-0.2, 0) is 53.8 Å². The molecule has 0 amide bonds. The normalized spacial score (nSPS) is 13.0.